The summed E-state index contributed by atoms with van der Waals surface area (Å²) in [7, 11) is 0. The van der Waals surface area contributed by atoms with E-state index in [0.29, 0.717) is 19.3 Å². The molecule has 1 saturated heterocycles. The normalized spacial score (nSPS) is 20.7. The third-order valence-corrected chi connectivity index (χ3v) is 2.81. The third-order valence-electron chi connectivity index (χ3n) is 2.81. The van der Waals surface area contributed by atoms with Gasteiger partial charge in [0.25, 0.3) is 0 Å². The zero-order chi connectivity index (χ0) is 11.5. The van der Waals surface area contributed by atoms with E-state index in [4.69, 9.17) is 0 Å². The van der Waals surface area contributed by atoms with Gasteiger partial charge in [0, 0.05) is 24.2 Å². The molecule has 1 atom stereocenters. The van der Waals surface area contributed by atoms with Crippen LogP contribution in [0.15, 0.2) is 18.3 Å². The number of carbonyl (C=O) groups is 2. The van der Waals surface area contributed by atoms with Gasteiger partial charge in [0.05, 0.1) is 0 Å². The number of carbonyl (C=O) groups excluding carboxylic acids is 2. The van der Waals surface area contributed by atoms with Crippen LogP contribution in [0.2, 0.25) is 0 Å². The molecule has 2 amide bonds. The highest BCUT2D eigenvalue weighted by molar-refractivity contribution is 5.98. The fourth-order valence-electron chi connectivity index (χ4n) is 1.84. The number of nitrogens with zero attached hydrogens (tertiary/aromatic N) is 1. The molecule has 4 heteroatoms. The Morgan fingerprint density at radius 1 is 1.44 bits per heavy atom. The lowest BCUT2D eigenvalue weighted by Crippen LogP contribution is -2.41. The highest BCUT2D eigenvalue weighted by Crippen LogP contribution is 2.17. The molecule has 0 spiro atoms. The van der Waals surface area contributed by atoms with Crippen molar-refractivity contribution in [2.24, 2.45) is 5.92 Å². The Bertz CT molecular complexity index is 412. The minimum atomic E-state index is -0.164. The second-order valence-corrected chi connectivity index (χ2v) is 4.16. The van der Waals surface area contributed by atoms with E-state index in [0.717, 1.165) is 11.3 Å². The monoisotopic (exact) mass is 218 g/mol. The lowest BCUT2D eigenvalue weighted by molar-refractivity contribution is -0.136. The number of imide groups is 1. The fourth-order valence-corrected chi connectivity index (χ4v) is 1.84. The summed E-state index contributed by atoms with van der Waals surface area (Å²) in [5.74, 6) is -0.415. The Labute approximate surface area is 94.1 Å². The maximum Gasteiger partial charge on any atom is 0.230 e. The molecular weight excluding hydrogens is 204 g/mol. The van der Waals surface area contributed by atoms with E-state index in [1.807, 2.05) is 19.1 Å². The first-order valence-electron chi connectivity index (χ1n) is 5.40. The average molecular weight is 218 g/mol. The summed E-state index contributed by atoms with van der Waals surface area (Å²) in [5, 5.41) is 2.36. The van der Waals surface area contributed by atoms with Crippen molar-refractivity contribution in [3.05, 3.63) is 29.6 Å². The lowest BCUT2D eigenvalue weighted by Gasteiger charge is -2.20. The third kappa shape index (κ3) is 2.45. The van der Waals surface area contributed by atoms with E-state index in [1.54, 1.807) is 6.20 Å². The molecule has 84 valence electrons. The molecule has 0 bridgehead atoms. The number of aromatic nitrogens is 1. The molecule has 2 heterocycles. The van der Waals surface area contributed by atoms with Crippen LogP contribution in [-0.4, -0.2) is 16.8 Å². The predicted octanol–water partition coefficient (Wildman–Crippen LogP) is 0.985. The van der Waals surface area contributed by atoms with Crippen molar-refractivity contribution >= 4 is 11.8 Å². The standard InChI is InChI=1S/C12H14N2O2/c1-8-2-3-9(7-13-8)6-10-4-5-11(15)14-12(10)16/h2-3,7,10H,4-6H2,1H3,(H,14,15,16). The van der Waals surface area contributed by atoms with Crippen LogP contribution in [0.3, 0.4) is 0 Å². The Hall–Kier alpha value is -1.71. The molecule has 0 saturated carbocycles. The lowest BCUT2D eigenvalue weighted by atomic mass is 9.92. The summed E-state index contributed by atoms with van der Waals surface area (Å²) >= 11 is 0. The smallest absolute Gasteiger partial charge is 0.230 e. The number of amides is 2. The van der Waals surface area contributed by atoms with Gasteiger partial charge in [0.2, 0.25) is 11.8 Å². The van der Waals surface area contributed by atoms with E-state index < -0.39 is 0 Å². The minimum Gasteiger partial charge on any atom is -0.296 e. The largest absolute Gasteiger partial charge is 0.296 e. The van der Waals surface area contributed by atoms with Gasteiger partial charge in [-0.3, -0.25) is 19.9 Å². The number of nitrogens with one attached hydrogen (secondary N) is 1. The van der Waals surface area contributed by atoms with Crippen LogP contribution in [-0.2, 0) is 16.0 Å². The molecule has 16 heavy (non-hydrogen) atoms. The maximum absolute atomic E-state index is 11.5. The number of rotatable bonds is 2. The van der Waals surface area contributed by atoms with Crippen LogP contribution >= 0.6 is 0 Å². The van der Waals surface area contributed by atoms with Gasteiger partial charge < -0.3 is 0 Å². The first-order valence-corrected chi connectivity index (χ1v) is 5.40. The number of piperidine rings is 1. The fraction of sp³-hybridized carbons (Fsp3) is 0.417. The van der Waals surface area contributed by atoms with Crippen LogP contribution in [0.1, 0.15) is 24.1 Å². The molecule has 0 aliphatic carbocycles. The Morgan fingerprint density at radius 2 is 2.25 bits per heavy atom. The first kappa shape index (κ1) is 10.8. The van der Waals surface area contributed by atoms with Crippen LogP contribution < -0.4 is 5.32 Å². The number of aryl methyl sites for hydroxylation is 1. The van der Waals surface area contributed by atoms with Crippen molar-refractivity contribution in [3.63, 3.8) is 0 Å². The number of hydrogen-bond donors (Lipinski definition) is 1. The molecule has 4 nitrogen and oxygen atoms in total. The number of hydrogen-bond acceptors (Lipinski definition) is 3. The molecule has 1 fully saturated rings. The molecule has 0 radical (unpaired) electrons. The summed E-state index contributed by atoms with van der Waals surface area (Å²) in [4.78, 5) is 26.7. The van der Waals surface area contributed by atoms with E-state index in [1.165, 1.54) is 0 Å². The quantitative estimate of drug-likeness (QED) is 0.753. The van der Waals surface area contributed by atoms with Gasteiger partial charge in [-0.15, -0.1) is 0 Å². The summed E-state index contributed by atoms with van der Waals surface area (Å²) in [6, 6.07) is 3.91. The van der Waals surface area contributed by atoms with Gasteiger partial charge in [-0.2, -0.15) is 0 Å². The molecule has 1 N–H and O–H groups in total. The highest BCUT2D eigenvalue weighted by atomic mass is 16.2. The molecule has 1 aliphatic rings. The van der Waals surface area contributed by atoms with Gasteiger partial charge in [0.1, 0.15) is 0 Å². The van der Waals surface area contributed by atoms with Crippen LogP contribution in [0.5, 0.6) is 0 Å². The van der Waals surface area contributed by atoms with Crippen LogP contribution in [0.4, 0.5) is 0 Å². The molecule has 0 aromatic carbocycles. The molecule has 1 unspecified atom stereocenters. The van der Waals surface area contributed by atoms with Crippen molar-refractivity contribution in [1.82, 2.24) is 10.3 Å². The van der Waals surface area contributed by atoms with Gasteiger partial charge in [0.15, 0.2) is 0 Å². The second-order valence-electron chi connectivity index (χ2n) is 4.16. The van der Waals surface area contributed by atoms with Crippen LogP contribution in [0, 0.1) is 12.8 Å². The van der Waals surface area contributed by atoms with E-state index in [-0.39, 0.29) is 17.7 Å². The van der Waals surface area contributed by atoms with Crippen molar-refractivity contribution in [2.75, 3.05) is 0 Å². The first-order chi connectivity index (χ1) is 7.65. The highest BCUT2D eigenvalue weighted by Gasteiger charge is 2.26. The molecule has 2 rings (SSSR count). The zero-order valence-electron chi connectivity index (χ0n) is 9.19. The Morgan fingerprint density at radius 3 is 2.88 bits per heavy atom. The summed E-state index contributed by atoms with van der Waals surface area (Å²) in [5.41, 5.74) is 2.01. The van der Waals surface area contributed by atoms with E-state index in [2.05, 4.69) is 10.3 Å². The van der Waals surface area contributed by atoms with Crippen molar-refractivity contribution in [3.8, 4) is 0 Å². The van der Waals surface area contributed by atoms with Crippen molar-refractivity contribution < 1.29 is 9.59 Å². The molecule has 1 aromatic rings. The van der Waals surface area contributed by atoms with Crippen LogP contribution in [0.25, 0.3) is 0 Å². The van der Waals surface area contributed by atoms with E-state index >= 15 is 0 Å². The minimum absolute atomic E-state index is 0.0952. The predicted molar refractivity (Wildman–Crippen MR) is 58.6 cm³/mol. The van der Waals surface area contributed by atoms with Gasteiger partial charge in [-0.25, -0.2) is 0 Å². The zero-order valence-corrected chi connectivity index (χ0v) is 9.19. The summed E-state index contributed by atoms with van der Waals surface area (Å²) < 4.78 is 0. The SMILES string of the molecule is Cc1ccc(CC2CCC(=O)NC2=O)cn1. The second kappa shape index (κ2) is 4.43. The Balaban J connectivity index is 2.02. The van der Waals surface area contributed by atoms with Crippen molar-refractivity contribution in [1.29, 1.82) is 0 Å². The Kier molecular flexibility index (Phi) is 2.99. The summed E-state index contributed by atoms with van der Waals surface area (Å²) in [6.45, 7) is 1.93. The molecular formula is C12H14N2O2. The average Bonchev–Trinajstić information content (AvgIpc) is 2.25. The van der Waals surface area contributed by atoms with Crippen molar-refractivity contribution in [2.45, 2.75) is 26.2 Å². The topological polar surface area (TPSA) is 59.1 Å². The maximum atomic E-state index is 11.5. The summed E-state index contributed by atoms with van der Waals surface area (Å²) in [6.07, 6.45) is 3.53. The van der Waals surface area contributed by atoms with Gasteiger partial charge in [-0.1, -0.05) is 6.07 Å². The van der Waals surface area contributed by atoms with Gasteiger partial charge in [-0.05, 0) is 31.4 Å². The van der Waals surface area contributed by atoms with Gasteiger partial charge >= 0.3 is 0 Å². The number of pyridine rings is 1. The van der Waals surface area contributed by atoms with E-state index in [9.17, 15) is 9.59 Å². The molecule has 1 aliphatic heterocycles. The molecule has 1 aromatic heterocycles.